The number of nitrogens with one attached hydrogen (secondary N) is 1. The lowest BCUT2D eigenvalue weighted by Gasteiger charge is -2.12. The first-order valence-corrected chi connectivity index (χ1v) is 8.06. The normalized spacial score (nSPS) is 10.6. The lowest BCUT2D eigenvalue weighted by Crippen LogP contribution is -1.97. The van der Waals surface area contributed by atoms with E-state index < -0.39 is 0 Å². The number of methoxy groups -OCH3 is 1. The Morgan fingerprint density at radius 3 is 2.40 bits per heavy atom. The molecule has 4 aromatic rings. The molecule has 4 nitrogen and oxygen atoms in total. The smallest absolute Gasteiger partial charge is 0.149 e. The second kappa shape index (κ2) is 6.61. The summed E-state index contributed by atoms with van der Waals surface area (Å²) in [6, 6.07) is 24.0. The minimum atomic E-state index is 0.702. The molecule has 0 radical (unpaired) electrons. The molecule has 1 aromatic heterocycles. The molecule has 0 aliphatic rings. The van der Waals surface area contributed by atoms with Gasteiger partial charge in [0, 0.05) is 17.3 Å². The average Bonchev–Trinajstić information content (AvgIpc) is 2.68. The van der Waals surface area contributed by atoms with E-state index in [2.05, 4.69) is 27.4 Å². The summed E-state index contributed by atoms with van der Waals surface area (Å²) in [5, 5.41) is 3.30. The lowest BCUT2D eigenvalue weighted by molar-refractivity contribution is 0.416. The van der Waals surface area contributed by atoms with Gasteiger partial charge in [0.05, 0.1) is 24.3 Å². The molecule has 122 valence electrons. The largest absolute Gasteiger partial charge is 0.496 e. The maximum absolute atomic E-state index is 5.57. The van der Waals surface area contributed by atoms with E-state index in [-0.39, 0.29) is 0 Å². The van der Waals surface area contributed by atoms with Gasteiger partial charge in [0.2, 0.25) is 0 Å². The number of ether oxygens (including phenoxy) is 1. The van der Waals surface area contributed by atoms with E-state index in [1.807, 2.05) is 60.7 Å². The number of anilines is 2. The molecule has 4 heteroatoms. The molecular weight excluding hydrogens is 310 g/mol. The molecule has 0 spiro atoms. The predicted molar refractivity (Wildman–Crippen MR) is 101 cm³/mol. The van der Waals surface area contributed by atoms with Crippen molar-refractivity contribution in [1.82, 2.24) is 9.97 Å². The Kier molecular flexibility index (Phi) is 4.01. The third-order valence-electron chi connectivity index (χ3n) is 4.01. The van der Waals surface area contributed by atoms with Crippen molar-refractivity contribution in [1.29, 1.82) is 0 Å². The molecular formula is C21H17N3O. The predicted octanol–water partition coefficient (Wildman–Crippen LogP) is 5.05. The minimum absolute atomic E-state index is 0.702. The second-order valence-corrected chi connectivity index (χ2v) is 5.65. The van der Waals surface area contributed by atoms with Gasteiger partial charge in [-0.1, -0.05) is 42.5 Å². The monoisotopic (exact) mass is 327 g/mol. The van der Waals surface area contributed by atoms with Crippen LogP contribution in [-0.2, 0) is 0 Å². The summed E-state index contributed by atoms with van der Waals surface area (Å²) >= 11 is 0. The highest BCUT2D eigenvalue weighted by Crippen LogP contribution is 2.33. The molecule has 0 aliphatic heterocycles. The van der Waals surface area contributed by atoms with E-state index in [9.17, 15) is 0 Å². The van der Waals surface area contributed by atoms with Crippen molar-refractivity contribution in [3.05, 3.63) is 79.0 Å². The standard InChI is InChI=1S/C21H17N3O/c1-25-20-13-16(11-12-17(20)15-7-3-2-4-8-15)23-21-14-22-18-9-5-6-10-19(18)24-21/h2-14H,1H3,(H,23,24). The number of nitrogens with zero attached hydrogens (tertiary/aromatic N) is 2. The van der Waals surface area contributed by atoms with Gasteiger partial charge in [-0.3, -0.25) is 4.98 Å². The number of benzene rings is 3. The van der Waals surface area contributed by atoms with Gasteiger partial charge in [-0.2, -0.15) is 0 Å². The zero-order chi connectivity index (χ0) is 17.1. The first-order valence-electron chi connectivity index (χ1n) is 8.06. The van der Waals surface area contributed by atoms with Crippen LogP contribution in [0.5, 0.6) is 5.75 Å². The molecule has 4 rings (SSSR count). The Morgan fingerprint density at radius 2 is 1.60 bits per heavy atom. The van der Waals surface area contributed by atoms with E-state index in [0.717, 1.165) is 33.6 Å². The Bertz CT molecular complexity index is 1020. The first kappa shape index (κ1) is 15.1. The molecule has 0 aliphatic carbocycles. The summed E-state index contributed by atoms with van der Waals surface area (Å²) in [6.45, 7) is 0. The van der Waals surface area contributed by atoms with Crippen LogP contribution >= 0.6 is 0 Å². The fourth-order valence-corrected chi connectivity index (χ4v) is 2.79. The quantitative estimate of drug-likeness (QED) is 0.570. The van der Waals surface area contributed by atoms with Crippen molar-refractivity contribution >= 4 is 22.5 Å². The van der Waals surface area contributed by atoms with Crippen molar-refractivity contribution in [2.45, 2.75) is 0 Å². The fraction of sp³-hybridized carbons (Fsp3) is 0.0476. The molecule has 0 amide bonds. The van der Waals surface area contributed by atoms with Crippen molar-refractivity contribution < 1.29 is 4.74 Å². The molecule has 0 unspecified atom stereocenters. The van der Waals surface area contributed by atoms with E-state index in [4.69, 9.17) is 4.74 Å². The van der Waals surface area contributed by atoms with Crippen molar-refractivity contribution in [2.75, 3.05) is 12.4 Å². The van der Waals surface area contributed by atoms with Gasteiger partial charge in [0.15, 0.2) is 0 Å². The van der Waals surface area contributed by atoms with Crippen LogP contribution in [0.4, 0.5) is 11.5 Å². The molecule has 0 atom stereocenters. The van der Waals surface area contributed by atoms with E-state index >= 15 is 0 Å². The number of rotatable bonds is 4. The number of hydrogen-bond acceptors (Lipinski definition) is 4. The van der Waals surface area contributed by atoms with Gasteiger partial charge in [-0.05, 0) is 29.8 Å². The van der Waals surface area contributed by atoms with E-state index in [1.165, 1.54) is 0 Å². The van der Waals surface area contributed by atoms with Crippen LogP contribution in [-0.4, -0.2) is 17.1 Å². The third kappa shape index (κ3) is 3.15. The summed E-state index contributed by atoms with van der Waals surface area (Å²) in [6.07, 6.45) is 1.74. The molecule has 0 saturated carbocycles. The van der Waals surface area contributed by atoms with Gasteiger partial charge in [0.1, 0.15) is 11.6 Å². The number of hydrogen-bond donors (Lipinski definition) is 1. The zero-order valence-corrected chi connectivity index (χ0v) is 13.8. The number of fused-ring (bicyclic) bond motifs is 1. The molecule has 3 aromatic carbocycles. The fourth-order valence-electron chi connectivity index (χ4n) is 2.79. The van der Waals surface area contributed by atoms with Crippen LogP contribution in [0.25, 0.3) is 22.2 Å². The van der Waals surface area contributed by atoms with Crippen LogP contribution in [0.3, 0.4) is 0 Å². The summed E-state index contributed by atoms with van der Waals surface area (Å²) in [7, 11) is 1.68. The molecule has 1 heterocycles. The average molecular weight is 327 g/mol. The Morgan fingerprint density at radius 1 is 0.840 bits per heavy atom. The summed E-state index contributed by atoms with van der Waals surface area (Å²) in [5.41, 5.74) is 4.82. The third-order valence-corrected chi connectivity index (χ3v) is 4.01. The zero-order valence-electron chi connectivity index (χ0n) is 13.8. The van der Waals surface area contributed by atoms with Crippen LogP contribution in [0.1, 0.15) is 0 Å². The molecule has 25 heavy (non-hydrogen) atoms. The highest BCUT2D eigenvalue weighted by molar-refractivity contribution is 5.77. The van der Waals surface area contributed by atoms with Gasteiger partial charge in [0.25, 0.3) is 0 Å². The first-order chi connectivity index (χ1) is 12.3. The van der Waals surface area contributed by atoms with Crippen molar-refractivity contribution in [3.8, 4) is 16.9 Å². The maximum atomic E-state index is 5.57. The Hall–Kier alpha value is -3.40. The highest BCUT2D eigenvalue weighted by atomic mass is 16.5. The minimum Gasteiger partial charge on any atom is -0.496 e. The van der Waals surface area contributed by atoms with Gasteiger partial charge >= 0.3 is 0 Å². The van der Waals surface area contributed by atoms with Gasteiger partial charge < -0.3 is 10.1 Å². The van der Waals surface area contributed by atoms with Crippen LogP contribution < -0.4 is 10.1 Å². The SMILES string of the molecule is COc1cc(Nc2cnc3ccccc3n2)ccc1-c1ccccc1. The lowest BCUT2D eigenvalue weighted by atomic mass is 10.0. The molecule has 0 bridgehead atoms. The summed E-state index contributed by atoms with van der Waals surface area (Å²) < 4.78 is 5.57. The highest BCUT2D eigenvalue weighted by Gasteiger charge is 2.07. The Labute approximate surface area is 146 Å². The van der Waals surface area contributed by atoms with E-state index in [0.29, 0.717) is 5.82 Å². The van der Waals surface area contributed by atoms with Gasteiger partial charge in [-0.15, -0.1) is 0 Å². The summed E-state index contributed by atoms with van der Waals surface area (Å²) in [5.74, 6) is 1.51. The van der Waals surface area contributed by atoms with Crippen molar-refractivity contribution in [2.24, 2.45) is 0 Å². The topological polar surface area (TPSA) is 47.0 Å². The maximum Gasteiger partial charge on any atom is 0.149 e. The van der Waals surface area contributed by atoms with E-state index in [1.54, 1.807) is 13.3 Å². The number of aromatic nitrogens is 2. The van der Waals surface area contributed by atoms with Crippen LogP contribution in [0.15, 0.2) is 79.0 Å². The Balaban J connectivity index is 1.66. The molecule has 0 saturated heterocycles. The number of para-hydroxylation sites is 2. The van der Waals surface area contributed by atoms with Crippen molar-refractivity contribution in [3.63, 3.8) is 0 Å². The van der Waals surface area contributed by atoms with Crippen LogP contribution in [0, 0.1) is 0 Å². The molecule has 0 fully saturated rings. The van der Waals surface area contributed by atoms with Gasteiger partial charge in [-0.25, -0.2) is 4.98 Å². The summed E-state index contributed by atoms with van der Waals surface area (Å²) in [4.78, 5) is 9.02. The van der Waals surface area contributed by atoms with Crippen LogP contribution in [0.2, 0.25) is 0 Å². The molecule has 1 N–H and O–H groups in total. The second-order valence-electron chi connectivity index (χ2n) is 5.65.